The Morgan fingerprint density at radius 2 is 2.08 bits per heavy atom. The first-order valence-electron chi connectivity index (χ1n) is 7.88. The van der Waals surface area contributed by atoms with Crippen molar-refractivity contribution in [3.63, 3.8) is 0 Å². The summed E-state index contributed by atoms with van der Waals surface area (Å²) in [4.78, 5) is 28.7. The van der Waals surface area contributed by atoms with E-state index in [1.165, 1.54) is 4.57 Å². The first-order valence-corrected chi connectivity index (χ1v) is 7.88. The van der Waals surface area contributed by atoms with Crippen LogP contribution in [0, 0.1) is 6.92 Å². The minimum Gasteiger partial charge on any atom is -0.459 e. The van der Waals surface area contributed by atoms with E-state index in [9.17, 15) is 9.59 Å². The Morgan fingerprint density at radius 3 is 2.76 bits per heavy atom. The zero-order valence-electron chi connectivity index (χ0n) is 14.6. The third-order valence-corrected chi connectivity index (χ3v) is 3.93. The molecule has 3 rings (SSSR count). The fourth-order valence-electron chi connectivity index (χ4n) is 2.67. The van der Waals surface area contributed by atoms with E-state index in [4.69, 9.17) is 4.74 Å². The number of rotatable bonds is 4. The zero-order chi connectivity index (χ0) is 18.1. The quantitative estimate of drug-likeness (QED) is 0.661. The normalized spacial score (nSPS) is 12.3. The highest BCUT2D eigenvalue weighted by atomic mass is 16.5. The number of carbonyl (C=O) groups is 1. The summed E-state index contributed by atoms with van der Waals surface area (Å²) in [5.74, 6) is -0.452. The smallest absolute Gasteiger partial charge is 0.338 e. The number of fused-ring (bicyclic) bond motifs is 1. The van der Waals surface area contributed by atoms with Crippen molar-refractivity contribution in [2.75, 3.05) is 0 Å². The fraction of sp³-hybridized carbons (Fsp3) is 0.353. The van der Waals surface area contributed by atoms with Gasteiger partial charge >= 0.3 is 5.97 Å². The van der Waals surface area contributed by atoms with Gasteiger partial charge in [-0.25, -0.2) is 9.78 Å². The van der Waals surface area contributed by atoms with Crippen molar-refractivity contribution in [2.45, 2.75) is 26.4 Å². The van der Waals surface area contributed by atoms with Crippen LogP contribution in [-0.4, -0.2) is 36.6 Å². The van der Waals surface area contributed by atoms with Gasteiger partial charge < -0.3 is 9.30 Å². The minimum atomic E-state index is -0.452. The second-order valence-electron chi connectivity index (χ2n) is 6.07. The average molecular weight is 341 g/mol. The first kappa shape index (κ1) is 16.8. The number of aryl methyl sites for hydroxylation is 3. The van der Waals surface area contributed by atoms with Crippen LogP contribution in [0.4, 0.5) is 0 Å². The summed E-state index contributed by atoms with van der Waals surface area (Å²) in [5.41, 5.74) is 2.61. The molecule has 0 bridgehead atoms. The fourth-order valence-corrected chi connectivity index (χ4v) is 2.67. The van der Waals surface area contributed by atoms with Gasteiger partial charge in [-0.2, -0.15) is 0 Å². The summed E-state index contributed by atoms with van der Waals surface area (Å²) in [6.07, 6.45) is 1.91. The topological polar surface area (TPSA) is 91.9 Å². The van der Waals surface area contributed by atoms with E-state index < -0.39 is 5.97 Å². The highest BCUT2D eigenvalue weighted by molar-refractivity contribution is 5.93. The summed E-state index contributed by atoms with van der Waals surface area (Å²) in [6.45, 7) is 3.46. The number of nitrogens with zero attached hydrogens (tertiary/aromatic N) is 5. The largest absolute Gasteiger partial charge is 0.459 e. The second-order valence-corrected chi connectivity index (χ2v) is 6.07. The number of hydrogen-bond donors (Lipinski definition) is 0. The molecule has 8 heteroatoms. The lowest BCUT2D eigenvalue weighted by Gasteiger charge is -2.13. The molecule has 25 heavy (non-hydrogen) atoms. The van der Waals surface area contributed by atoms with E-state index in [2.05, 4.69) is 15.3 Å². The number of hydrogen-bond acceptors (Lipinski definition) is 6. The second kappa shape index (κ2) is 6.46. The Morgan fingerprint density at radius 1 is 1.32 bits per heavy atom. The van der Waals surface area contributed by atoms with E-state index in [-0.39, 0.29) is 11.7 Å². The van der Waals surface area contributed by atoms with Crippen LogP contribution in [0.1, 0.15) is 28.7 Å². The number of aromatic nitrogens is 5. The van der Waals surface area contributed by atoms with Crippen molar-refractivity contribution in [1.29, 1.82) is 0 Å². The lowest BCUT2D eigenvalue weighted by atomic mass is 10.1. The van der Waals surface area contributed by atoms with Gasteiger partial charge in [-0.1, -0.05) is 5.21 Å². The van der Waals surface area contributed by atoms with Crippen LogP contribution < -0.4 is 5.56 Å². The number of benzene rings is 1. The van der Waals surface area contributed by atoms with Gasteiger partial charge in [-0.15, -0.1) is 5.10 Å². The van der Waals surface area contributed by atoms with Crippen LogP contribution in [0.15, 0.2) is 29.2 Å². The van der Waals surface area contributed by atoms with Gasteiger partial charge in [0.25, 0.3) is 5.56 Å². The Balaban J connectivity index is 1.81. The van der Waals surface area contributed by atoms with Crippen molar-refractivity contribution >= 4 is 17.0 Å². The molecule has 0 aliphatic rings. The van der Waals surface area contributed by atoms with Crippen LogP contribution in [0.2, 0.25) is 0 Å². The van der Waals surface area contributed by atoms with Crippen LogP contribution in [-0.2, 0) is 25.3 Å². The zero-order valence-corrected chi connectivity index (χ0v) is 14.6. The van der Waals surface area contributed by atoms with Gasteiger partial charge in [0.05, 0.1) is 22.3 Å². The molecule has 0 fully saturated rings. The Kier molecular flexibility index (Phi) is 4.35. The molecule has 0 amide bonds. The van der Waals surface area contributed by atoms with Crippen molar-refractivity contribution in [1.82, 2.24) is 24.5 Å². The molecular formula is C17H19N5O3. The molecule has 1 aromatic carbocycles. The van der Waals surface area contributed by atoms with Gasteiger partial charge in [0, 0.05) is 26.7 Å². The van der Waals surface area contributed by atoms with Crippen molar-refractivity contribution < 1.29 is 9.53 Å². The molecular weight excluding hydrogens is 322 g/mol. The molecule has 130 valence electrons. The summed E-state index contributed by atoms with van der Waals surface area (Å²) in [7, 11) is 3.44. The predicted molar refractivity (Wildman–Crippen MR) is 91.3 cm³/mol. The monoisotopic (exact) mass is 341 g/mol. The van der Waals surface area contributed by atoms with Crippen LogP contribution in [0.5, 0.6) is 0 Å². The number of carbonyl (C=O) groups excluding carboxylic acids is 1. The van der Waals surface area contributed by atoms with E-state index in [1.807, 2.05) is 0 Å². The van der Waals surface area contributed by atoms with Crippen LogP contribution in [0.25, 0.3) is 11.0 Å². The maximum absolute atomic E-state index is 12.4. The maximum atomic E-state index is 12.4. The highest BCUT2D eigenvalue weighted by Crippen LogP contribution is 2.15. The molecule has 8 nitrogen and oxygen atoms in total. The van der Waals surface area contributed by atoms with Gasteiger partial charge in [0.1, 0.15) is 11.8 Å². The summed E-state index contributed by atoms with van der Waals surface area (Å²) < 4.78 is 8.55. The molecule has 1 unspecified atom stereocenters. The molecule has 0 radical (unpaired) electrons. The predicted octanol–water partition coefficient (Wildman–Crippen LogP) is 1.16. The molecule has 0 saturated heterocycles. The van der Waals surface area contributed by atoms with Crippen molar-refractivity contribution in [3.05, 3.63) is 51.7 Å². The standard InChI is InChI=1S/C17H19N5O3/c1-10(7-13-9-21(3)20-19-13)25-17(24)12-5-6-14-15(8-12)22(4)16(23)11(2)18-14/h5-6,8-10H,7H2,1-4H3. The first-order chi connectivity index (χ1) is 11.8. The molecule has 1 atom stereocenters. The van der Waals surface area contributed by atoms with Crippen molar-refractivity contribution in [3.8, 4) is 0 Å². The van der Waals surface area contributed by atoms with E-state index in [0.717, 1.165) is 5.69 Å². The van der Waals surface area contributed by atoms with Crippen LogP contribution in [0.3, 0.4) is 0 Å². The lowest BCUT2D eigenvalue weighted by molar-refractivity contribution is 0.0341. The molecule has 0 saturated carbocycles. The Hall–Kier alpha value is -3.03. The summed E-state index contributed by atoms with van der Waals surface area (Å²) in [6, 6.07) is 4.99. The van der Waals surface area contributed by atoms with E-state index in [1.54, 1.807) is 57.0 Å². The lowest BCUT2D eigenvalue weighted by Crippen LogP contribution is -2.22. The summed E-state index contributed by atoms with van der Waals surface area (Å²) in [5, 5.41) is 7.83. The third kappa shape index (κ3) is 3.42. The van der Waals surface area contributed by atoms with Gasteiger partial charge in [0.15, 0.2) is 0 Å². The molecule has 0 aliphatic carbocycles. The maximum Gasteiger partial charge on any atom is 0.338 e. The Labute approximate surface area is 144 Å². The van der Waals surface area contributed by atoms with E-state index in [0.29, 0.717) is 28.7 Å². The summed E-state index contributed by atoms with van der Waals surface area (Å²) >= 11 is 0. The molecule has 0 spiro atoms. The molecule has 2 aromatic heterocycles. The SMILES string of the molecule is Cc1nc2ccc(C(=O)OC(C)Cc3cn(C)nn3)cc2n(C)c1=O. The minimum absolute atomic E-state index is 0.186. The van der Waals surface area contributed by atoms with Gasteiger partial charge in [-0.3, -0.25) is 9.48 Å². The van der Waals surface area contributed by atoms with Gasteiger partial charge in [0.2, 0.25) is 0 Å². The highest BCUT2D eigenvalue weighted by Gasteiger charge is 2.15. The molecule has 2 heterocycles. The van der Waals surface area contributed by atoms with Crippen molar-refractivity contribution in [2.24, 2.45) is 14.1 Å². The molecule has 0 aliphatic heterocycles. The number of esters is 1. The van der Waals surface area contributed by atoms with Crippen LogP contribution >= 0.6 is 0 Å². The van der Waals surface area contributed by atoms with E-state index >= 15 is 0 Å². The van der Waals surface area contributed by atoms with Gasteiger partial charge in [-0.05, 0) is 32.0 Å². The molecule has 3 aromatic rings. The molecule has 0 N–H and O–H groups in total. The Bertz CT molecular complexity index is 1010. The average Bonchev–Trinajstić information content (AvgIpc) is 2.97. The third-order valence-electron chi connectivity index (χ3n) is 3.93. The number of ether oxygens (including phenoxy) is 1.